The van der Waals surface area contributed by atoms with E-state index in [1.54, 1.807) is 0 Å². The number of H-pyrrole nitrogens is 1. The monoisotopic (exact) mass is 142 g/mol. The van der Waals surface area contributed by atoms with E-state index in [4.69, 9.17) is 5.26 Å². The molecule has 0 aliphatic carbocycles. The second-order valence-electron chi connectivity index (χ2n) is 1.79. The minimum atomic E-state index is -3.36. The molecule has 0 saturated carbocycles. The molecule has 0 unspecified atom stereocenters. The van der Waals surface area contributed by atoms with Gasteiger partial charge in [0.05, 0.1) is 5.56 Å². The van der Waals surface area contributed by atoms with Gasteiger partial charge in [-0.15, -0.1) is 0 Å². The Bertz CT molecular complexity index is 245. The lowest BCUT2D eigenvalue weighted by Gasteiger charge is -2.01. The minimum absolute atomic E-state index is 0.296. The van der Waals surface area contributed by atoms with E-state index in [1.807, 2.05) is 0 Å². The highest BCUT2D eigenvalue weighted by Crippen LogP contribution is 2.25. The van der Waals surface area contributed by atoms with Gasteiger partial charge in [-0.2, -0.15) is 14.0 Å². The molecule has 0 aliphatic heterocycles. The second kappa shape index (κ2) is 2.10. The van der Waals surface area contributed by atoms with Crippen LogP contribution in [0.2, 0.25) is 0 Å². The molecule has 0 atom stereocenters. The van der Waals surface area contributed by atoms with Crippen molar-refractivity contribution in [2.24, 2.45) is 0 Å². The minimum Gasteiger partial charge on any atom is -0.367 e. The summed E-state index contributed by atoms with van der Waals surface area (Å²) in [5, 5.41) is 7.95. The van der Waals surface area contributed by atoms with Gasteiger partial charge in [0.1, 0.15) is 6.07 Å². The van der Waals surface area contributed by atoms with Crippen LogP contribution in [0.3, 0.4) is 0 Å². The zero-order valence-corrected chi connectivity index (χ0v) is 4.94. The Balaban J connectivity index is 2.99. The Hall–Kier alpha value is -1.37. The highest BCUT2D eigenvalue weighted by molar-refractivity contribution is 5.21. The number of rotatable bonds is 1. The van der Waals surface area contributed by atoms with Gasteiger partial charge in [0, 0.05) is 12.4 Å². The normalized spacial score (nSPS) is 10.9. The van der Waals surface area contributed by atoms with Crippen molar-refractivity contribution in [3.05, 3.63) is 24.0 Å². The summed E-state index contributed by atoms with van der Waals surface area (Å²) < 4.78 is 24.7. The van der Waals surface area contributed by atoms with E-state index < -0.39 is 5.92 Å². The van der Waals surface area contributed by atoms with Gasteiger partial charge in [-0.05, 0) is 6.07 Å². The highest BCUT2D eigenvalue weighted by Gasteiger charge is 2.31. The van der Waals surface area contributed by atoms with Gasteiger partial charge in [-0.3, -0.25) is 0 Å². The van der Waals surface area contributed by atoms with Gasteiger partial charge in [-0.25, -0.2) is 0 Å². The van der Waals surface area contributed by atoms with Gasteiger partial charge < -0.3 is 4.98 Å². The lowest BCUT2D eigenvalue weighted by Crippen LogP contribution is -2.07. The van der Waals surface area contributed by atoms with Crippen LogP contribution in [0, 0.1) is 11.3 Å². The fourth-order valence-corrected chi connectivity index (χ4v) is 0.584. The Morgan fingerprint density at radius 1 is 1.60 bits per heavy atom. The van der Waals surface area contributed by atoms with Crippen molar-refractivity contribution >= 4 is 0 Å². The van der Waals surface area contributed by atoms with E-state index in [1.165, 1.54) is 12.3 Å². The molecule has 0 radical (unpaired) electrons. The van der Waals surface area contributed by atoms with Crippen LogP contribution in [-0.4, -0.2) is 4.98 Å². The fourth-order valence-electron chi connectivity index (χ4n) is 0.584. The van der Waals surface area contributed by atoms with Gasteiger partial charge >= 0.3 is 5.92 Å². The first-order valence-electron chi connectivity index (χ1n) is 2.59. The molecule has 0 spiro atoms. The number of aromatic nitrogens is 1. The lowest BCUT2D eigenvalue weighted by atomic mass is 10.2. The van der Waals surface area contributed by atoms with E-state index in [0.29, 0.717) is 0 Å². The molecule has 0 aromatic carbocycles. The maximum absolute atomic E-state index is 12.3. The first-order valence-corrected chi connectivity index (χ1v) is 2.59. The van der Waals surface area contributed by atoms with Gasteiger partial charge in [-0.1, -0.05) is 0 Å². The van der Waals surface area contributed by atoms with Crippen LogP contribution in [0.15, 0.2) is 18.5 Å². The molecule has 0 fully saturated rings. The summed E-state index contributed by atoms with van der Waals surface area (Å²) in [4.78, 5) is 2.44. The molecule has 2 nitrogen and oxygen atoms in total. The summed E-state index contributed by atoms with van der Waals surface area (Å²) in [5.74, 6) is -3.36. The number of nitriles is 1. The smallest absolute Gasteiger partial charge is 0.358 e. The van der Waals surface area contributed by atoms with Crippen LogP contribution in [0.5, 0.6) is 0 Å². The third-order valence-corrected chi connectivity index (χ3v) is 1.10. The van der Waals surface area contributed by atoms with Crippen LogP contribution in [-0.2, 0) is 5.92 Å². The predicted octanol–water partition coefficient (Wildman–Crippen LogP) is 1.63. The Morgan fingerprint density at radius 2 is 2.30 bits per heavy atom. The fraction of sp³-hybridized carbons (Fsp3) is 0.167. The molecule has 0 bridgehead atoms. The topological polar surface area (TPSA) is 39.6 Å². The van der Waals surface area contributed by atoms with E-state index in [2.05, 4.69) is 4.98 Å². The predicted molar refractivity (Wildman–Crippen MR) is 30.3 cm³/mol. The first-order chi connectivity index (χ1) is 4.67. The molecule has 0 amide bonds. The Kier molecular flexibility index (Phi) is 1.42. The van der Waals surface area contributed by atoms with Gasteiger partial charge in [0.2, 0.25) is 0 Å². The van der Waals surface area contributed by atoms with Crippen LogP contribution in [0.1, 0.15) is 5.56 Å². The lowest BCUT2D eigenvalue weighted by molar-refractivity contribution is 0.0614. The summed E-state index contributed by atoms with van der Waals surface area (Å²) in [6.07, 6.45) is 2.45. The summed E-state index contributed by atoms with van der Waals surface area (Å²) in [6, 6.07) is 2.06. The number of halogens is 2. The zero-order chi connectivity index (χ0) is 7.61. The van der Waals surface area contributed by atoms with Crippen molar-refractivity contribution in [2.45, 2.75) is 5.92 Å². The van der Waals surface area contributed by atoms with E-state index >= 15 is 0 Å². The quantitative estimate of drug-likeness (QED) is 0.635. The van der Waals surface area contributed by atoms with Crippen LogP contribution in [0.25, 0.3) is 0 Å². The van der Waals surface area contributed by atoms with Crippen molar-refractivity contribution in [3.8, 4) is 6.07 Å². The maximum Gasteiger partial charge on any atom is 0.358 e. The summed E-state index contributed by atoms with van der Waals surface area (Å²) in [6.45, 7) is 0. The number of nitrogens with zero attached hydrogens (tertiary/aromatic N) is 1. The SMILES string of the molecule is N#CC(F)(F)c1cc[nH]c1. The van der Waals surface area contributed by atoms with Gasteiger partial charge in [0.25, 0.3) is 0 Å². The third-order valence-electron chi connectivity index (χ3n) is 1.10. The molecule has 1 aromatic rings. The molecule has 52 valence electrons. The van der Waals surface area contributed by atoms with E-state index in [9.17, 15) is 8.78 Å². The number of hydrogen-bond acceptors (Lipinski definition) is 1. The molecular weight excluding hydrogens is 138 g/mol. The molecule has 10 heavy (non-hydrogen) atoms. The highest BCUT2D eigenvalue weighted by atomic mass is 19.3. The Labute approximate surface area is 56.1 Å². The average Bonchev–Trinajstić information content (AvgIpc) is 2.38. The number of aromatic amines is 1. The van der Waals surface area contributed by atoms with Crippen LogP contribution in [0.4, 0.5) is 8.78 Å². The van der Waals surface area contributed by atoms with Crippen molar-refractivity contribution in [3.63, 3.8) is 0 Å². The largest absolute Gasteiger partial charge is 0.367 e. The third kappa shape index (κ3) is 0.982. The van der Waals surface area contributed by atoms with Crippen molar-refractivity contribution in [1.82, 2.24) is 4.98 Å². The Morgan fingerprint density at radius 3 is 2.70 bits per heavy atom. The molecule has 4 heteroatoms. The number of hydrogen-bond donors (Lipinski definition) is 1. The van der Waals surface area contributed by atoms with Crippen molar-refractivity contribution < 1.29 is 8.78 Å². The van der Waals surface area contributed by atoms with Gasteiger partial charge in [0.15, 0.2) is 0 Å². The van der Waals surface area contributed by atoms with Crippen LogP contribution < -0.4 is 0 Å². The molecule has 0 saturated heterocycles. The van der Waals surface area contributed by atoms with Crippen molar-refractivity contribution in [2.75, 3.05) is 0 Å². The molecule has 1 rings (SSSR count). The first kappa shape index (κ1) is 6.75. The molecule has 0 aliphatic rings. The second-order valence-corrected chi connectivity index (χ2v) is 1.79. The van der Waals surface area contributed by atoms with Crippen LogP contribution >= 0.6 is 0 Å². The maximum atomic E-state index is 12.3. The molecule has 1 aromatic heterocycles. The molecule has 1 heterocycles. The van der Waals surface area contributed by atoms with E-state index in [0.717, 1.165) is 12.3 Å². The van der Waals surface area contributed by atoms with E-state index in [-0.39, 0.29) is 5.56 Å². The summed E-state index contributed by atoms with van der Waals surface area (Å²) in [7, 11) is 0. The number of alkyl halides is 2. The number of nitrogens with one attached hydrogen (secondary N) is 1. The standard InChI is InChI=1S/C6H4F2N2/c7-6(8,4-9)5-1-2-10-3-5/h1-3,10H. The van der Waals surface area contributed by atoms with Crippen molar-refractivity contribution in [1.29, 1.82) is 5.26 Å². The zero-order valence-electron chi connectivity index (χ0n) is 4.94. The summed E-state index contributed by atoms with van der Waals surface area (Å²) in [5.41, 5.74) is -0.296. The molecular formula is C6H4F2N2. The average molecular weight is 142 g/mol. The molecule has 1 N–H and O–H groups in total. The summed E-state index contributed by atoms with van der Waals surface area (Å²) >= 11 is 0.